The Bertz CT molecular complexity index is 499. The van der Waals surface area contributed by atoms with E-state index in [0.717, 1.165) is 22.3 Å². The molecule has 1 amide bonds. The molecule has 3 rings (SSSR count). The van der Waals surface area contributed by atoms with Crippen LogP contribution in [0.1, 0.15) is 13.3 Å². The molecule has 0 aliphatic carbocycles. The highest BCUT2D eigenvalue weighted by molar-refractivity contribution is 9.10. The van der Waals surface area contributed by atoms with E-state index in [9.17, 15) is 4.79 Å². The number of halogens is 1. The lowest BCUT2D eigenvalue weighted by Crippen LogP contribution is -2.45. The summed E-state index contributed by atoms with van der Waals surface area (Å²) in [5.41, 5.74) is 0.851. The van der Waals surface area contributed by atoms with E-state index < -0.39 is 0 Å². The number of amides is 1. The molecule has 0 spiro atoms. The van der Waals surface area contributed by atoms with Gasteiger partial charge in [0.1, 0.15) is 11.9 Å². The standard InChI is InChI=1S/C14H16BrNO3/c1-9-7-16(14(17)10-4-5-18-8-10)12-6-11(15)2-3-13(12)19-9/h2-3,6,9-10H,4-5,7-8H2,1H3/t9-,10+/m1/s1. The highest BCUT2D eigenvalue weighted by Crippen LogP contribution is 2.37. The minimum Gasteiger partial charge on any atom is -0.487 e. The number of ether oxygens (including phenoxy) is 2. The van der Waals surface area contributed by atoms with Crippen LogP contribution >= 0.6 is 15.9 Å². The fourth-order valence-electron chi connectivity index (χ4n) is 2.57. The molecule has 1 fully saturated rings. The van der Waals surface area contributed by atoms with Crippen LogP contribution in [0.3, 0.4) is 0 Å². The zero-order chi connectivity index (χ0) is 13.4. The largest absolute Gasteiger partial charge is 0.487 e. The van der Waals surface area contributed by atoms with E-state index >= 15 is 0 Å². The van der Waals surface area contributed by atoms with Crippen LogP contribution in [0.2, 0.25) is 0 Å². The van der Waals surface area contributed by atoms with Crippen molar-refractivity contribution >= 4 is 27.5 Å². The topological polar surface area (TPSA) is 38.8 Å². The van der Waals surface area contributed by atoms with Crippen molar-refractivity contribution in [3.63, 3.8) is 0 Å². The Labute approximate surface area is 120 Å². The van der Waals surface area contributed by atoms with Gasteiger partial charge in [-0.25, -0.2) is 0 Å². The lowest BCUT2D eigenvalue weighted by molar-refractivity contribution is -0.122. The predicted molar refractivity (Wildman–Crippen MR) is 75.5 cm³/mol. The summed E-state index contributed by atoms with van der Waals surface area (Å²) in [5.74, 6) is 0.901. The van der Waals surface area contributed by atoms with Gasteiger partial charge in [-0.15, -0.1) is 0 Å². The normalized spacial score (nSPS) is 25.9. The Balaban J connectivity index is 1.93. The number of nitrogens with zero attached hydrogens (tertiary/aromatic N) is 1. The van der Waals surface area contributed by atoms with E-state index in [1.54, 1.807) is 0 Å². The molecule has 0 bridgehead atoms. The Hall–Kier alpha value is -1.07. The van der Waals surface area contributed by atoms with Crippen molar-refractivity contribution in [2.24, 2.45) is 5.92 Å². The third-order valence-corrected chi connectivity index (χ3v) is 4.02. The van der Waals surface area contributed by atoms with Gasteiger partial charge in [0.15, 0.2) is 0 Å². The molecule has 2 aliphatic heterocycles. The highest BCUT2D eigenvalue weighted by atomic mass is 79.9. The van der Waals surface area contributed by atoms with E-state index in [4.69, 9.17) is 9.47 Å². The van der Waals surface area contributed by atoms with E-state index in [2.05, 4.69) is 15.9 Å². The molecule has 0 aromatic heterocycles. The molecule has 102 valence electrons. The van der Waals surface area contributed by atoms with Gasteiger partial charge in [0, 0.05) is 11.1 Å². The number of hydrogen-bond acceptors (Lipinski definition) is 3. The number of carbonyl (C=O) groups is 1. The van der Waals surface area contributed by atoms with Crippen molar-refractivity contribution in [3.05, 3.63) is 22.7 Å². The van der Waals surface area contributed by atoms with Crippen LogP contribution in [0.25, 0.3) is 0 Å². The first-order valence-corrected chi connectivity index (χ1v) is 7.30. The molecule has 4 nitrogen and oxygen atoms in total. The molecule has 0 N–H and O–H groups in total. The number of fused-ring (bicyclic) bond motifs is 1. The summed E-state index contributed by atoms with van der Waals surface area (Å²) in [6, 6.07) is 5.77. The van der Waals surface area contributed by atoms with Crippen LogP contribution in [-0.2, 0) is 9.53 Å². The fourth-order valence-corrected chi connectivity index (χ4v) is 2.92. The van der Waals surface area contributed by atoms with Crippen molar-refractivity contribution in [3.8, 4) is 5.75 Å². The first-order chi connectivity index (χ1) is 9.15. The molecule has 0 unspecified atom stereocenters. The Morgan fingerprint density at radius 3 is 3.05 bits per heavy atom. The summed E-state index contributed by atoms with van der Waals surface area (Å²) < 4.78 is 12.1. The van der Waals surface area contributed by atoms with E-state index in [1.807, 2.05) is 30.0 Å². The third-order valence-electron chi connectivity index (χ3n) is 3.52. The van der Waals surface area contributed by atoms with Gasteiger partial charge in [0.25, 0.3) is 0 Å². The predicted octanol–water partition coefficient (Wildman–Crippen LogP) is 2.60. The van der Waals surface area contributed by atoms with Crippen molar-refractivity contribution in [1.29, 1.82) is 0 Å². The van der Waals surface area contributed by atoms with E-state index in [0.29, 0.717) is 19.8 Å². The molecule has 5 heteroatoms. The molecule has 0 saturated carbocycles. The minimum absolute atomic E-state index is 0.0138. The number of hydrogen-bond donors (Lipinski definition) is 0. The number of carbonyl (C=O) groups excluding carboxylic acids is 1. The average Bonchev–Trinajstić information content (AvgIpc) is 2.91. The van der Waals surface area contributed by atoms with Gasteiger partial charge < -0.3 is 14.4 Å². The maximum Gasteiger partial charge on any atom is 0.232 e. The maximum absolute atomic E-state index is 12.6. The smallest absolute Gasteiger partial charge is 0.232 e. The molecule has 0 radical (unpaired) electrons. The molecular formula is C14H16BrNO3. The number of anilines is 1. The second-order valence-electron chi connectivity index (χ2n) is 5.05. The zero-order valence-electron chi connectivity index (χ0n) is 10.8. The maximum atomic E-state index is 12.6. The van der Waals surface area contributed by atoms with Crippen molar-refractivity contribution in [2.75, 3.05) is 24.7 Å². The molecule has 1 aromatic carbocycles. The van der Waals surface area contributed by atoms with Gasteiger partial charge in [-0.3, -0.25) is 4.79 Å². The Morgan fingerprint density at radius 2 is 2.32 bits per heavy atom. The highest BCUT2D eigenvalue weighted by Gasteiger charge is 2.33. The monoisotopic (exact) mass is 325 g/mol. The van der Waals surface area contributed by atoms with Crippen LogP contribution in [0.4, 0.5) is 5.69 Å². The van der Waals surface area contributed by atoms with Gasteiger partial charge in [-0.2, -0.15) is 0 Å². The van der Waals surface area contributed by atoms with Crippen molar-refractivity contribution in [2.45, 2.75) is 19.4 Å². The molecule has 1 aromatic rings. The van der Waals surface area contributed by atoms with Gasteiger partial charge >= 0.3 is 0 Å². The van der Waals surface area contributed by atoms with Crippen LogP contribution in [-0.4, -0.2) is 31.8 Å². The van der Waals surface area contributed by atoms with Crippen LogP contribution in [0, 0.1) is 5.92 Å². The van der Waals surface area contributed by atoms with Gasteiger partial charge in [-0.1, -0.05) is 15.9 Å². The molecule has 1 saturated heterocycles. The van der Waals surface area contributed by atoms with Gasteiger partial charge in [-0.05, 0) is 31.5 Å². The van der Waals surface area contributed by atoms with Gasteiger partial charge in [0.2, 0.25) is 5.91 Å². The lowest BCUT2D eigenvalue weighted by Gasteiger charge is -2.34. The summed E-state index contributed by atoms with van der Waals surface area (Å²) in [4.78, 5) is 14.4. The number of rotatable bonds is 1. The first-order valence-electron chi connectivity index (χ1n) is 6.50. The Morgan fingerprint density at radius 1 is 1.47 bits per heavy atom. The van der Waals surface area contributed by atoms with Gasteiger partial charge in [0.05, 0.1) is 24.8 Å². The minimum atomic E-state index is -0.0165. The zero-order valence-corrected chi connectivity index (χ0v) is 12.4. The summed E-state index contributed by atoms with van der Waals surface area (Å²) in [5, 5.41) is 0. The molecule has 2 aliphatic rings. The van der Waals surface area contributed by atoms with Crippen LogP contribution in [0.15, 0.2) is 22.7 Å². The second kappa shape index (κ2) is 5.13. The van der Waals surface area contributed by atoms with Crippen LogP contribution in [0.5, 0.6) is 5.75 Å². The third kappa shape index (κ3) is 2.49. The van der Waals surface area contributed by atoms with Crippen molar-refractivity contribution in [1.82, 2.24) is 0 Å². The first kappa shape index (κ1) is 12.9. The summed E-state index contributed by atoms with van der Waals surface area (Å²) in [6.07, 6.45) is 0.827. The van der Waals surface area contributed by atoms with Crippen molar-refractivity contribution < 1.29 is 14.3 Å². The molecule has 2 heterocycles. The quantitative estimate of drug-likeness (QED) is 0.796. The SMILES string of the molecule is C[C@@H]1CN(C(=O)[C@H]2CCOC2)c2cc(Br)ccc2O1. The average molecular weight is 326 g/mol. The number of benzene rings is 1. The molecule has 19 heavy (non-hydrogen) atoms. The lowest BCUT2D eigenvalue weighted by atomic mass is 10.1. The fraction of sp³-hybridized carbons (Fsp3) is 0.500. The Kier molecular flexibility index (Phi) is 3.50. The van der Waals surface area contributed by atoms with E-state index in [1.165, 1.54) is 0 Å². The molecule has 2 atom stereocenters. The second-order valence-corrected chi connectivity index (χ2v) is 5.97. The summed E-state index contributed by atoms with van der Waals surface area (Å²) in [7, 11) is 0. The molecular weight excluding hydrogens is 310 g/mol. The van der Waals surface area contributed by atoms with Crippen LogP contribution < -0.4 is 9.64 Å². The van der Waals surface area contributed by atoms with E-state index in [-0.39, 0.29) is 17.9 Å². The summed E-state index contributed by atoms with van der Waals surface area (Å²) >= 11 is 3.45. The summed E-state index contributed by atoms with van der Waals surface area (Å²) in [6.45, 7) is 3.80.